The second kappa shape index (κ2) is 8.02. The lowest BCUT2D eigenvalue weighted by Gasteiger charge is -2.18. The zero-order chi connectivity index (χ0) is 21.4. The predicted octanol–water partition coefficient (Wildman–Crippen LogP) is 4.65. The number of ketones is 1. The van der Waals surface area contributed by atoms with Crippen molar-refractivity contribution in [3.63, 3.8) is 0 Å². The Morgan fingerprint density at radius 1 is 1.20 bits per heavy atom. The first-order chi connectivity index (χ1) is 14.3. The monoisotopic (exact) mass is 425 g/mol. The molecule has 4 rings (SSSR count). The highest BCUT2D eigenvalue weighted by Gasteiger charge is 2.39. The van der Waals surface area contributed by atoms with Gasteiger partial charge in [-0.1, -0.05) is 34.2 Å². The van der Waals surface area contributed by atoms with Crippen LogP contribution in [0, 0.1) is 20.8 Å². The Kier molecular flexibility index (Phi) is 5.42. The first kappa shape index (κ1) is 20.3. The molecule has 156 valence electrons. The fraction of sp³-hybridized carbons (Fsp3) is 0.364. The number of ether oxygens (including phenoxy) is 1. The summed E-state index contributed by atoms with van der Waals surface area (Å²) >= 11 is 1.25. The highest BCUT2D eigenvalue weighted by Crippen LogP contribution is 2.37. The van der Waals surface area contributed by atoms with Gasteiger partial charge in [0.25, 0.3) is 5.91 Å². The molecule has 1 fully saturated rings. The number of benzene rings is 1. The summed E-state index contributed by atoms with van der Waals surface area (Å²) in [5.41, 5.74) is 2.62. The number of nitrogens with zero attached hydrogens (tertiary/aromatic N) is 3. The summed E-state index contributed by atoms with van der Waals surface area (Å²) in [6, 6.07) is 7.77. The van der Waals surface area contributed by atoms with Crippen molar-refractivity contribution >= 4 is 28.2 Å². The van der Waals surface area contributed by atoms with Crippen LogP contribution in [0.2, 0.25) is 0 Å². The zero-order valence-corrected chi connectivity index (χ0v) is 18.2. The first-order valence-electron chi connectivity index (χ1n) is 9.81. The molecule has 7 nitrogen and oxygen atoms in total. The van der Waals surface area contributed by atoms with Crippen molar-refractivity contribution in [3.8, 4) is 5.75 Å². The molecule has 0 aliphatic heterocycles. The van der Waals surface area contributed by atoms with Crippen LogP contribution >= 0.6 is 11.3 Å². The van der Waals surface area contributed by atoms with E-state index in [4.69, 9.17) is 9.26 Å². The summed E-state index contributed by atoms with van der Waals surface area (Å²) in [5.74, 6) is 0.922. The number of hydrogen-bond acceptors (Lipinski definition) is 7. The molecule has 0 N–H and O–H groups in total. The first-order valence-corrected chi connectivity index (χ1v) is 10.6. The molecule has 0 radical (unpaired) electrons. The number of anilines is 1. The summed E-state index contributed by atoms with van der Waals surface area (Å²) in [6.07, 6.45) is 1.79. The van der Waals surface area contributed by atoms with Crippen molar-refractivity contribution in [2.45, 2.75) is 53.2 Å². The van der Waals surface area contributed by atoms with Gasteiger partial charge in [-0.15, -0.1) is 0 Å². The molecule has 8 heteroatoms. The average Bonchev–Trinajstić information content (AvgIpc) is 3.36. The van der Waals surface area contributed by atoms with Crippen molar-refractivity contribution in [2.24, 2.45) is 0 Å². The SMILES string of the molecule is CC(=O)c1sc(N(C(=O)c2noc(C)c2COc2ccc(C)cc2)C2CC2)nc1C. The van der Waals surface area contributed by atoms with Crippen LogP contribution in [0.3, 0.4) is 0 Å². The van der Waals surface area contributed by atoms with E-state index in [1.165, 1.54) is 18.3 Å². The maximum atomic E-state index is 13.4. The molecule has 2 aromatic heterocycles. The minimum atomic E-state index is -0.277. The number of carbonyl (C=O) groups is 2. The Hall–Kier alpha value is -3.00. The summed E-state index contributed by atoms with van der Waals surface area (Å²) in [7, 11) is 0. The van der Waals surface area contributed by atoms with Crippen molar-refractivity contribution in [1.82, 2.24) is 10.1 Å². The molecule has 0 unspecified atom stereocenters. The molecule has 30 heavy (non-hydrogen) atoms. The van der Waals surface area contributed by atoms with Crippen LogP contribution in [0.25, 0.3) is 0 Å². The molecule has 0 bridgehead atoms. The van der Waals surface area contributed by atoms with Crippen molar-refractivity contribution in [2.75, 3.05) is 4.90 Å². The van der Waals surface area contributed by atoms with E-state index in [9.17, 15) is 9.59 Å². The summed E-state index contributed by atoms with van der Waals surface area (Å²) in [6.45, 7) is 7.24. The molecule has 0 atom stereocenters. The van der Waals surface area contributed by atoms with Crippen LogP contribution in [-0.4, -0.2) is 27.9 Å². The van der Waals surface area contributed by atoms with Gasteiger partial charge < -0.3 is 9.26 Å². The van der Waals surface area contributed by atoms with Gasteiger partial charge in [-0.25, -0.2) is 4.98 Å². The highest BCUT2D eigenvalue weighted by atomic mass is 32.1. The second-order valence-corrected chi connectivity index (χ2v) is 8.52. The van der Waals surface area contributed by atoms with Crippen LogP contribution in [0.4, 0.5) is 5.13 Å². The summed E-state index contributed by atoms with van der Waals surface area (Å²) < 4.78 is 11.2. The third-order valence-corrected chi connectivity index (χ3v) is 6.29. The van der Waals surface area contributed by atoms with Crippen LogP contribution in [0.1, 0.15) is 62.5 Å². The third-order valence-electron chi connectivity index (χ3n) is 5.03. The van der Waals surface area contributed by atoms with Crippen LogP contribution in [0.5, 0.6) is 5.75 Å². The predicted molar refractivity (Wildman–Crippen MR) is 113 cm³/mol. The van der Waals surface area contributed by atoms with Gasteiger partial charge in [-0.05, 0) is 45.7 Å². The molecule has 1 aromatic carbocycles. The van der Waals surface area contributed by atoms with E-state index < -0.39 is 0 Å². The van der Waals surface area contributed by atoms with Gasteiger partial charge in [0.2, 0.25) is 0 Å². The summed E-state index contributed by atoms with van der Waals surface area (Å²) in [5, 5.41) is 4.55. The molecule has 1 aliphatic carbocycles. The topological polar surface area (TPSA) is 85.5 Å². The zero-order valence-electron chi connectivity index (χ0n) is 17.4. The van der Waals surface area contributed by atoms with Gasteiger partial charge in [-0.3, -0.25) is 14.5 Å². The minimum Gasteiger partial charge on any atom is -0.489 e. The highest BCUT2D eigenvalue weighted by molar-refractivity contribution is 7.17. The summed E-state index contributed by atoms with van der Waals surface area (Å²) in [4.78, 5) is 32.0. The number of carbonyl (C=O) groups excluding carboxylic acids is 2. The quantitative estimate of drug-likeness (QED) is 0.512. The molecule has 2 heterocycles. The number of aryl methyl sites for hydroxylation is 3. The largest absolute Gasteiger partial charge is 0.489 e. The van der Waals surface area contributed by atoms with Crippen molar-refractivity contribution in [1.29, 1.82) is 0 Å². The Morgan fingerprint density at radius 3 is 2.50 bits per heavy atom. The van der Waals surface area contributed by atoms with Crippen molar-refractivity contribution < 1.29 is 18.8 Å². The Balaban J connectivity index is 1.61. The fourth-order valence-electron chi connectivity index (χ4n) is 3.19. The van der Waals surface area contributed by atoms with E-state index in [0.29, 0.717) is 32.8 Å². The van der Waals surface area contributed by atoms with Gasteiger partial charge in [-0.2, -0.15) is 0 Å². The lowest BCUT2D eigenvalue weighted by atomic mass is 10.2. The van der Waals surface area contributed by atoms with E-state index in [-0.39, 0.29) is 30.0 Å². The minimum absolute atomic E-state index is 0.0519. The molecule has 1 amide bonds. The maximum Gasteiger partial charge on any atom is 0.282 e. The van der Waals surface area contributed by atoms with Crippen LogP contribution in [0.15, 0.2) is 28.8 Å². The number of Topliss-reactive ketones (excluding diaryl/α,β-unsaturated/α-hetero) is 1. The molecule has 0 saturated heterocycles. The Morgan fingerprint density at radius 2 is 1.90 bits per heavy atom. The number of hydrogen-bond donors (Lipinski definition) is 0. The Bertz CT molecular complexity index is 1100. The van der Waals surface area contributed by atoms with Gasteiger partial charge in [0.15, 0.2) is 16.6 Å². The van der Waals surface area contributed by atoms with Gasteiger partial charge in [0.05, 0.1) is 16.1 Å². The van der Waals surface area contributed by atoms with Gasteiger partial charge >= 0.3 is 0 Å². The smallest absolute Gasteiger partial charge is 0.282 e. The standard InChI is InChI=1S/C22H23N3O4S/c1-12-5-9-17(10-6-12)28-11-18-15(4)29-24-19(18)21(27)25(16-7-8-16)22-23-13(2)20(30-22)14(3)26/h5-6,9-10,16H,7-8,11H2,1-4H3. The van der Waals surface area contributed by atoms with E-state index in [2.05, 4.69) is 10.1 Å². The van der Waals surface area contributed by atoms with E-state index in [0.717, 1.165) is 18.4 Å². The number of amides is 1. The molecule has 1 saturated carbocycles. The number of aromatic nitrogens is 2. The number of thiazole rings is 1. The second-order valence-electron chi connectivity index (χ2n) is 7.54. The van der Waals surface area contributed by atoms with E-state index >= 15 is 0 Å². The Labute approximate surface area is 178 Å². The molecule has 1 aliphatic rings. The van der Waals surface area contributed by atoms with Gasteiger partial charge in [0, 0.05) is 13.0 Å². The van der Waals surface area contributed by atoms with E-state index in [1.807, 2.05) is 31.2 Å². The third kappa shape index (κ3) is 4.00. The molecule has 3 aromatic rings. The molecule has 0 spiro atoms. The van der Waals surface area contributed by atoms with Crippen LogP contribution in [-0.2, 0) is 6.61 Å². The maximum absolute atomic E-state index is 13.4. The lowest BCUT2D eigenvalue weighted by Crippen LogP contribution is -2.34. The van der Waals surface area contributed by atoms with E-state index in [1.54, 1.807) is 18.7 Å². The molecular formula is C22H23N3O4S. The fourth-order valence-corrected chi connectivity index (χ4v) is 4.22. The average molecular weight is 426 g/mol. The van der Waals surface area contributed by atoms with Gasteiger partial charge in [0.1, 0.15) is 18.1 Å². The molecular weight excluding hydrogens is 402 g/mol. The van der Waals surface area contributed by atoms with Crippen LogP contribution < -0.4 is 9.64 Å². The lowest BCUT2D eigenvalue weighted by molar-refractivity contribution is 0.0972. The van der Waals surface area contributed by atoms with Crippen molar-refractivity contribution in [3.05, 3.63) is 57.4 Å². The normalized spacial score (nSPS) is 13.3. The number of rotatable bonds is 7.